The predicted molar refractivity (Wildman–Crippen MR) is 110 cm³/mol. The van der Waals surface area contributed by atoms with Crippen molar-refractivity contribution in [3.8, 4) is 5.75 Å². The second-order valence-electron chi connectivity index (χ2n) is 6.24. The Morgan fingerprint density at radius 1 is 1.21 bits per heavy atom. The van der Waals surface area contributed by atoms with Crippen molar-refractivity contribution in [1.82, 2.24) is 0 Å². The summed E-state index contributed by atoms with van der Waals surface area (Å²) in [4.78, 5) is 24.9. The molecule has 1 atom stereocenters. The minimum atomic E-state index is -3.63. The van der Waals surface area contributed by atoms with E-state index in [4.69, 9.17) is 21.1 Å². The molecule has 0 aliphatic heterocycles. The van der Waals surface area contributed by atoms with Gasteiger partial charge in [-0.15, -0.1) is 0 Å². The Bertz CT molecular complexity index is 1040. The number of ether oxygens (including phenoxy) is 2. The van der Waals surface area contributed by atoms with Gasteiger partial charge in [0.05, 0.1) is 29.0 Å². The molecule has 2 aromatic rings. The van der Waals surface area contributed by atoms with Crippen molar-refractivity contribution in [2.45, 2.75) is 31.8 Å². The average Bonchev–Trinajstić information content (AvgIpc) is 2.70. The van der Waals surface area contributed by atoms with Crippen LogP contribution in [0.5, 0.6) is 5.75 Å². The number of halogens is 1. The Labute approximate surface area is 174 Å². The van der Waals surface area contributed by atoms with Crippen LogP contribution in [0.4, 0.5) is 5.69 Å². The number of aryl methyl sites for hydroxylation is 1. The van der Waals surface area contributed by atoms with E-state index in [9.17, 15) is 18.0 Å². The third-order valence-corrected chi connectivity index (χ3v) is 6.41. The fraction of sp³-hybridized carbons (Fsp3) is 0.300. The molecule has 0 heterocycles. The van der Waals surface area contributed by atoms with Crippen molar-refractivity contribution >= 4 is 39.0 Å². The van der Waals surface area contributed by atoms with Gasteiger partial charge in [0.2, 0.25) is 0 Å². The van der Waals surface area contributed by atoms with E-state index < -0.39 is 27.8 Å². The molecule has 0 saturated heterocycles. The first kappa shape index (κ1) is 22.7. The van der Waals surface area contributed by atoms with Crippen molar-refractivity contribution < 1.29 is 27.5 Å². The summed E-state index contributed by atoms with van der Waals surface area (Å²) in [5.74, 6) is -1.32. The number of amides is 1. The van der Waals surface area contributed by atoms with Gasteiger partial charge in [0.15, 0.2) is 15.9 Å². The van der Waals surface area contributed by atoms with E-state index in [1.54, 1.807) is 19.1 Å². The molecule has 0 aromatic heterocycles. The minimum absolute atomic E-state index is 0.117. The summed E-state index contributed by atoms with van der Waals surface area (Å²) in [6.07, 6.45) is -1.18. The molecule has 2 rings (SSSR count). The first-order chi connectivity index (χ1) is 13.6. The molecule has 0 radical (unpaired) electrons. The van der Waals surface area contributed by atoms with Crippen LogP contribution in [-0.4, -0.2) is 39.3 Å². The van der Waals surface area contributed by atoms with E-state index >= 15 is 0 Å². The fourth-order valence-electron chi connectivity index (χ4n) is 2.50. The first-order valence-corrected chi connectivity index (χ1v) is 10.8. The van der Waals surface area contributed by atoms with Crippen LogP contribution in [0, 0.1) is 6.92 Å². The lowest BCUT2D eigenvalue weighted by molar-refractivity contribution is -0.123. The number of esters is 1. The van der Waals surface area contributed by atoms with Gasteiger partial charge in [0, 0.05) is 11.1 Å². The highest BCUT2D eigenvalue weighted by atomic mass is 35.5. The van der Waals surface area contributed by atoms with Crippen LogP contribution in [0.2, 0.25) is 5.02 Å². The van der Waals surface area contributed by atoms with Crippen LogP contribution in [-0.2, 0) is 19.4 Å². The highest BCUT2D eigenvalue weighted by molar-refractivity contribution is 7.91. The summed E-state index contributed by atoms with van der Waals surface area (Å²) in [5.41, 5.74) is 0.983. The van der Waals surface area contributed by atoms with E-state index in [0.717, 1.165) is 5.56 Å². The average molecular weight is 440 g/mol. The monoisotopic (exact) mass is 439 g/mol. The molecule has 7 nitrogen and oxygen atoms in total. The predicted octanol–water partition coefficient (Wildman–Crippen LogP) is 3.63. The summed E-state index contributed by atoms with van der Waals surface area (Å²) in [7, 11) is -2.19. The van der Waals surface area contributed by atoms with Crippen LogP contribution in [0.1, 0.15) is 29.8 Å². The Kier molecular flexibility index (Phi) is 7.26. The summed E-state index contributed by atoms with van der Waals surface area (Å²) < 4.78 is 34.8. The lowest BCUT2D eigenvalue weighted by Gasteiger charge is -2.17. The molecule has 1 N–H and O–H groups in total. The Morgan fingerprint density at radius 2 is 1.86 bits per heavy atom. The maximum absolute atomic E-state index is 12.5. The molecule has 0 spiro atoms. The maximum Gasteiger partial charge on any atom is 0.340 e. The van der Waals surface area contributed by atoms with Crippen LogP contribution < -0.4 is 10.1 Å². The highest BCUT2D eigenvalue weighted by Gasteiger charge is 2.25. The van der Waals surface area contributed by atoms with E-state index in [0.29, 0.717) is 16.5 Å². The Morgan fingerprint density at radius 3 is 2.48 bits per heavy atom. The normalized spacial score (nSPS) is 12.2. The quantitative estimate of drug-likeness (QED) is 0.661. The van der Waals surface area contributed by atoms with E-state index in [1.807, 2.05) is 0 Å². The highest BCUT2D eigenvalue weighted by Crippen LogP contribution is 2.31. The number of carbonyl (C=O) groups is 2. The second-order valence-corrected chi connectivity index (χ2v) is 8.89. The Balaban J connectivity index is 2.19. The standard InChI is InChI=1S/C20H22ClNO6S/c1-5-29(25,26)18-9-7-6-8-14(18)20(24)28-13(3)19(23)22-16-10-12(2)15(21)11-17(16)27-4/h6-11,13H,5H2,1-4H3,(H,22,23). The molecule has 0 aliphatic carbocycles. The van der Waals surface area contributed by atoms with Gasteiger partial charge in [-0.2, -0.15) is 0 Å². The number of rotatable bonds is 7. The number of hydrogen-bond donors (Lipinski definition) is 1. The number of hydrogen-bond acceptors (Lipinski definition) is 6. The number of anilines is 1. The van der Waals surface area contributed by atoms with Gasteiger partial charge in [-0.25, -0.2) is 13.2 Å². The lowest BCUT2D eigenvalue weighted by atomic mass is 10.2. The Hall–Kier alpha value is -2.58. The molecule has 0 saturated carbocycles. The number of benzene rings is 2. The summed E-state index contributed by atoms with van der Waals surface area (Å²) in [5, 5.41) is 3.10. The van der Waals surface area contributed by atoms with Crippen LogP contribution in [0.15, 0.2) is 41.3 Å². The topological polar surface area (TPSA) is 98.8 Å². The van der Waals surface area contributed by atoms with Crippen molar-refractivity contribution in [1.29, 1.82) is 0 Å². The molecule has 0 fully saturated rings. The summed E-state index contributed by atoms with van der Waals surface area (Å²) in [6, 6.07) is 8.93. The third kappa shape index (κ3) is 5.27. The van der Waals surface area contributed by atoms with Crippen molar-refractivity contribution in [2.24, 2.45) is 0 Å². The largest absolute Gasteiger partial charge is 0.495 e. The van der Waals surface area contributed by atoms with E-state index in [2.05, 4.69) is 5.32 Å². The van der Waals surface area contributed by atoms with Gasteiger partial charge in [0.1, 0.15) is 5.75 Å². The fourth-order valence-corrected chi connectivity index (χ4v) is 3.74. The zero-order chi connectivity index (χ0) is 21.8. The molecule has 9 heteroatoms. The van der Waals surface area contributed by atoms with Crippen LogP contribution >= 0.6 is 11.6 Å². The van der Waals surface area contributed by atoms with Gasteiger partial charge in [-0.1, -0.05) is 30.7 Å². The third-order valence-electron chi connectivity index (χ3n) is 4.21. The summed E-state index contributed by atoms with van der Waals surface area (Å²) in [6.45, 7) is 4.64. The number of sulfone groups is 1. The van der Waals surface area contributed by atoms with Gasteiger partial charge < -0.3 is 14.8 Å². The molecule has 1 amide bonds. The van der Waals surface area contributed by atoms with Gasteiger partial charge >= 0.3 is 5.97 Å². The SMILES string of the molecule is CCS(=O)(=O)c1ccccc1C(=O)OC(C)C(=O)Nc1cc(C)c(Cl)cc1OC. The van der Waals surface area contributed by atoms with E-state index in [1.165, 1.54) is 45.2 Å². The molecule has 156 valence electrons. The second kappa shape index (κ2) is 9.28. The van der Waals surface area contributed by atoms with Crippen molar-refractivity contribution in [2.75, 3.05) is 18.2 Å². The zero-order valence-corrected chi connectivity index (χ0v) is 18.1. The number of carbonyl (C=O) groups excluding carboxylic acids is 2. The van der Waals surface area contributed by atoms with Gasteiger partial charge in [0.25, 0.3) is 5.91 Å². The van der Waals surface area contributed by atoms with Crippen molar-refractivity contribution in [3.63, 3.8) is 0 Å². The molecule has 2 aromatic carbocycles. The molecule has 0 aliphatic rings. The molecule has 1 unspecified atom stereocenters. The molecule has 0 bridgehead atoms. The first-order valence-electron chi connectivity index (χ1n) is 8.78. The van der Waals surface area contributed by atoms with Gasteiger partial charge in [-0.05, 0) is 37.6 Å². The van der Waals surface area contributed by atoms with Crippen LogP contribution in [0.25, 0.3) is 0 Å². The van der Waals surface area contributed by atoms with Gasteiger partial charge in [-0.3, -0.25) is 4.79 Å². The molecular weight excluding hydrogens is 418 g/mol. The smallest absolute Gasteiger partial charge is 0.340 e. The van der Waals surface area contributed by atoms with E-state index in [-0.39, 0.29) is 16.2 Å². The number of methoxy groups -OCH3 is 1. The zero-order valence-electron chi connectivity index (χ0n) is 16.5. The van der Waals surface area contributed by atoms with Crippen LogP contribution in [0.3, 0.4) is 0 Å². The minimum Gasteiger partial charge on any atom is -0.495 e. The lowest BCUT2D eigenvalue weighted by Crippen LogP contribution is -2.30. The molecular formula is C20H22ClNO6S. The summed E-state index contributed by atoms with van der Waals surface area (Å²) >= 11 is 6.05. The molecule has 29 heavy (non-hydrogen) atoms. The van der Waals surface area contributed by atoms with Crippen molar-refractivity contribution in [3.05, 3.63) is 52.5 Å². The maximum atomic E-state index is 12.5. The number of nitrogens with one attached hydrogen (secondary N) is 1.